The predicted molar refractivity (Wildman–Crippen MR) is 293 cm³/mol. The van der Waals surface area contributed by atoms with Crippen LogP contribution in [0.5, 0.6) is 0 Å². The van der Waals surface area contributed by atoms with Crippen LogP contribution in [0.15, 0.2) is 36.5 Å². The molecule has 0 radical (unpaired) electrons. The average molecular weight is 956 g/mol. The zero-order valence-corrected chi connectivity index (χ0v) is 45.6. The van der Waals surface area contributed by atoms with Gasteiger partial charge in [0, 0.05) is 19.3 Å². The van der Waals surface area contributed by atoms with Crippen molar-refractivity contribution in [1.29, 1.82) is 0 Å². The monoisotopic (exact) mass is 955 g/mol. The van der Waals surface area contributed by atoms with Crippen molar-refractivity contribution in [3.63, 3.8) is 0 Å². The normalized spacial score (nSPS) is 12.2. The van der Waals surface area contributed by atoms with Gasteiger partial charge in [0.25, 0.3) is 0 Å². The molecule has 0 aromatic rings. The summed E-state index contributed by atoms with van der Waals surface area (Å²) in [5, 5.41) is 0. The molecular weight excluding hydrogens is 841 g/mol. The third-order valence-electron chi connectivity index (χ3n) is 13.4. The molecule has 0 aromatic carbocycles. The van der Waals surface area contributed by atoms with Gasteiger partial charge in [0.2, 0.25) is 0 Å². The lowest BCUT2D eigenvalue weighted by Crippen LogP contribution is -2.30. The Morgan fingerprint density at radius 1 is 0.294 bits per heavy atom. The molecule has 0 amide bonds. The Kier molecular flexibility index (Phi) is 55.2. The summed E-state index contributed by atoms with van der Waals surface area (Å²) in [5.41, 5.74) is 0. The first-order valence-corrected chi connectivity index (χ1v) is 30.0. The maximum absolute atomic E-state index is 12.9. The van der Waals surface area contributed by atoms with Gasteiger partial charge in [0.05, 0.1) is 0 Å². The number of carbonyl (C=O) groups excluding carboxylic acids is 3. The topological polar surface area (TPSA) is 78.9 Å². The van der Waals surface area contributed by atoms with Gasteiger partial charge in [-0.25, -0.2) is 0 Å². The Labute approximate surface area is 423 Å². The highest BCUT2D eigenvalue weighted by Crippen LogP contribution is 2.17. The first-order valence-electron chi connectivity index (χ1n) is 30.0. The number of allylic oxidation sites excluding steroid dienone is 6. The van der Waals surface area contributed by atoms with Crippen LogP contribution in [0.1, 0.15) is 323 Å². The molecule has 0 aliphatic carbocycles. The summed E-state index contributed by atoms with van der Waals surface area (Å²) in [5.74, 6) is -0.890. The van der Waals surface area contributed by atoms with Crippen molar-refractivity contribution in [1.82, 2.24) is 0 Å². The van der Waals surface area contributed by atoms with Crippen LogP contribution in [-0.4, -0.2) is 37.2 Å². The van der Waals surface area contributed by atoms with Crippen LogP contribution in [0.25, 0.3) is 0 Å². The Bertz CT molecular complexity index is 1140. The van der Waals surface area contributed by atoms with Crippen LogP contribution in [0.3, 0.4) is 0 Å². The lowest BCUT2D eigenvalue weighted by Gasteiger charge is -2.18. The Morgan fingerprint density at radius 2 is 0.529 bits per heavy atom. The zero-order valence-electron chi connectivity index (χ0n) is 45.6. The van der Waals surface area contributed by atoms with Crippen LogP contribution >= 0.6 is 0 Å². The molecule has 0 N–H and O–H groups in total. The molecule has 6 nitrogen and oxygen atoms in total. The molecule has 0 heterocycles. The number of rotatable bonds is 55. The van der Waals surface area contributed by atoms with Gasteiger partial charge < -0.3 is 14.2 Å². The second-order valence-electron chi connectivity index (χ2n) is 20.3. The molecule has 0 spiro atoms. The molecule has 1 unspecified atom stereocenters. The Balaban J connectivity index is 4.38. The third-order valence-corrected chi connectivity index (χ3v) is 13.4. The summed E-state index contributed by atoms with van der Waals surface area (Å²) in [6.07, 6.45) is 68.5. The van der Waals surface area contributed by atoms with Crippen LogP contribution in [0, 0.1) is 0 Å². The van der Waals surface area contributed by atoms with Crippen molar-refractivity contribution in [3.8, 4) is 0 Å². The number of carbonyl (C=O) groups is 3. The fourth-order valence-electron chi connectivity index (χ4n) is 8.84. The maximum atomic E-state index is 12.9. The number of ether oxygens (including phenoxy) is 3. The van der Waals surface area contributed by atoms with E-state index in [0.717, 1.165) is 70.6 Å². The number of esters is 3. The first kappa shape index (κ1) is 65.6. The molecule has 68 heavy (non-hydrogen) atoms. The SMILES string of the molecule is CCCCCCCC/C=C\CCCCCCCCCC(=O)OCC(COC(=O)CCCCC/C=C\C=C/CCCCCCCCC)OC(=O)CCCCCCCCCCCCCCCCCCC. The Hall–Kier alpha value is -2.37. The second-order valence-corrected chi connectivity index (χ2v) is 20.3. The van der Waals surface area contributed by atoms with Crippen molar-refractivity contribution in [2.45, 2.75) is 329 Å². The fourth-order valence-corrected chi connectivity index (χ4v) is 8.84. The zero-order chi connectivity index (χ0) is 49.3. The van der Waals surface area contributed by atoms with Crippen LogP contribution in [0.4, 0.5) is 0 Å². The minimum atomic E-state index is -0.782. The number of hydrogen-bond acceptors (Lipinski definition) is 6. The van der Waals surface area contributed by atoms with E-state index in [-0.39, 0.29) is 31.1 Å². The van der Waals surface area contributed by atoms with Crippen molar-refractivity contribution in [3.05, 3.63) is 36.5 Å². The van der Waals surface area contributed by atoms with Gasteiger partial charge in [-0.05, 0) is 70.6 Å². The number of hydrogen-bond donors (Lipinski definition) is 0. The highest BCUT2D eigenvalue weighted by atomic mass is 16.6. The summed E-state index contributed by atoms with van der Waals surface area (Å²) < 4.78 is 16.9. The molecule has 0 aromatic heterocycles. The molecule has 0 saturated carbocycles. The average Bonchev–Trinajstić information content (AvgIpc) is 3.34. The van der Waals surface area contributed by atoms with Gasteiger partial charge in [-0.15, -0.1) is 0 Å². The van der Waals surface area contributed by atoms with Gasteiger partial charge in [0.1, 0.15) is 13.2 Å². The molecule has 0 saturated heterocycles. The minimum Gasteiger partial charge on any atom is -0.462 e. The molecule has 0 aliphatic rings. The van der Waals surface area contributed by atoms with Gasteiger partial charge in [-0.1, -0.05) is 269 Å². The lowest BCUT2D eigenvalue weighted by molar-refractivity contribution is -0.167. The van der Waals surface area contributed by atoms with E-state index in [0.29, 0.717) is 19.3 Å². The van der Waals surface area contributed by atoms with Gasteiger partial charge in [0.15, 0.2) is 6.10 Å². The standard InChI is InChI=1S/C62H114O6/c1-4-7-10-13-16-19-22-25-28-31-34-37-40-43-46-49-52-55-61(64)67-58-59(57-66-60(63)54-51-48-45-42-39-36-33-30-27-24-21-18-15-12-9-6-3)68-62(65)56-53-50-47-44-41-38-35-32-29-26-23-20-17-14-11-8-5-2/h25,28,30,33,36,39,59H,4-24,26-27,29,31-32,34-35,37-38,40-58H2,1-3H3/b28-25-,33-30-,39-36-. The van der Waals surface area contributed by atoms with E-state index >= 15 is 0 Å². The van der Waals surface area contributed by atoms with E-state index in [4.69, 9.17) is 14.2 Å². The quantitative estimate of drug-likeness (QED) is 0.0199. The van der Waals surface area contributed by atoms with Gasteiger partial charge in [-0.2, -0.15) is 0 Å². The minimum absolute atomic E-state index is 0.0792. The predicted octanol–water partition coefficient (Wildman–Crippen LogP) is 20.0. The van der Waals surface area contributed by atoms with E-state index in [1.165, 1.54) is 212 Å². The molecule has 0 fully saturated rings. The molecule has 0 bridgehead atoms. The summed E-state index contributed by atoms with van der Waals surface area (Å²) in [7, 11) is 0. The van der Waals surface area contributed by atoms with Gasteiger partial charge >= 0.3 is 17.9 Å². The number of unbranched alkanes of at least 4 members (excludes halogenated alkanes) is 39. The van der Waals surface area contributed by atoms with E-state index in [1.807, 2.05) is 0 Å². The van der Waals surface area contributed by atoms with Crippen molar-refractivity contribution in [2.24, 2.45) is 0 Å². The molecule has 398 valence electrons. The summed E-state index contributed by atoms with van der Waals surface area (Å²) in [6.45, 7) is 6.65. The summed E-state index contributed by atoms with van der Waals surface area (Å²) in [6, 6.07) is 0. The van der Waals surface area contributed by atoms with Gasteiger partial charge in [-0.3, -0.25) is 14.4 Å². The highest BCUT2D eigenvalue weighted by Gasteiger charge is 2.19. The third kappa shape index (κ3) is 54.6. The summed E-state index contributed by atoms with van der Waals surface area (Å²) in [4.78, 5) is 38.2. The molecule has 6 heteroatoms. The van der Waals surface area contributed by atoms with Crippen molar-refractivity contribution < 1.29 is 28.6 Å². The molecule has 1 atom stereocenters. The van der Waals surface area contributed by atoms with Crippen LogP contribution in [-0.2, 0) is 28.6 Å². The smallest absolute Gasteiger partial charge is 0.306 e. The van der Waals surface area contributed by atoms with E-state index in [1.54, 1.807) is 0 Å². The lowest BCUT2D eigenvalue weighted by atomic mass is 10.0. The molecule has 0 aliphatic heterocycles. The second kappa shape index (κ2) is 57.2. The van der Waals surface area contributed by atoms with E-state index < -0.39 is 6.10 Å². The van der Waals surface area contributed by atoms with E-state index in [9.17, 15) is 14.4 Å². The molecule has 0 rings (SSSR count). The van der Waals surface area contributed by atoms with E-state index in [2.05, 4.69) is 57.2 Å². The Morgan fingerprint density at radius 3 is 0.838 bits per heavy atom. The highest BCUT2D eigenvalue weighted by molar-refractivity contribution is 5.71. The van der Waals surface area contributed by atoms with Crippen molar-refractivity contribution >= 4 is 17.9 Å². The maximum Gasteiger partial charge on any atom is 0.306 e. The van der Waals surface area contributed by atoms with Crippen LogP contribution in [0.2, 0.25) is 0 Å². The fraction of sp³-hybridized carbons (Fsp3) is 0.855. The van der Waals surface area contributed by atoms with Crippen LogP contribution < -0.4 is 0 Å². The molecular formula is C62H114O6. The first-order chi connectivity index (χ1) is 33.5. The van der Waals surface area contributed by atoms with Crippen molar-refractivity contribution in [2.75, 3.05) is 13.2 Å². The largest absolute Gasteiger partial charge is 0.462 e. The summed E-state index contributed by atoms with van der Waals surface area (Å²) >= 11 is 0.